The molecule has 2 heterocycles. The van der Waals surface area contributed by atoms with E-state index in [9.17, 15) is 26.7 Å². The molecule has 1 amide bonds. The number of anilines is 1. The van der Waals surface area contributed by atoms with Crippen molar-refractivity contribution >= 4 is 22.6 Å². The number of rotatable bonds is 6. The summed E-state index contributed by atoms with van der Waals surface area (Å²) in [6.45, 7) is 2.23. The first-order valence-corrected chi connectivity index (χ1v) is 9.15. The van der Waals surface area contributed by atoms with E-state index in [-0.39, 0.29) is 33.6 Å². The van der Waals surface area contributed by atoms with Gasteiger partial charge in [-0.25, -0.2) is 13.8 Å². The second-order valence-corrected chi connectivity index (χ2v) is 7.12. The van der Waals surface area contributed by atoms with Gasteiger partial charge in [-0.1, -0.05) is 12.1 Å². The van der Waals surface area contributed by atoms with E-state index >= 15 is 0 Å². The van der Waals surface area contributed by atoms with Crippen LogP contribution >= 0.6 is 11.5 Å². The van der Waals surface area contributed by atoms with Crippen molar-refractivity contribution in [3.8, 4) is 17.1 Å². The van der Waals surface area contributed by atoms with Crippen LogP contribution in [0.2, 0.25) is 0 Å². The van der Waals surface area contributed by atoms with E-state index in [1.54, 1.807) is 0 Å². The second kappa shape index (κ2) is 8.01. The predicted molar refractivity (Wildman–Crippen MR) is 97.8 cm³/mol. The van der Waals surface area contributed by atoms with E-state index in [4.69, 9.17) is 4.42 Å². The lowest BCUT2D eigenvalue weighted by Crippen LogP contribution is -2.17. The van der Waals surface area contributed by atoms with E-state index < -0.39 is 30.4 Å². The fourth-order valence-electron chi connectivity index (χ4n) is 2.51. The zero-order valence-corrected chi connectivity index (χ0v) is 16.3. The maximum atomic E-state index is 13.0. The average molecular weight is 447 g/mol. The number of aromatic nitrogens is 2. The molecule has 12 heteroatoms. The number of carbonyl (C=O) groups is 1. The summed E-state index contributed by atoms with van der Waals surface area (Å²) in [7, 11) is 0. The summed E-state index contributed by atoms with van der Waals surface area (Å²) in [5.41, 5.74) is 0.368. The van der Waals surface area contributed by atoms with E-state index in [1.165, 1.54) is 25.1 Å². The van der Waals surface area contributed by atoms with Crippen LogP contribution in [0.1, 0.15) is 28.9 Å². The molecule has 0 bridgehead atoms. The molecule has 3 aromatic rings. The zero-order valence-electron chi connectivity index (χ0n) is 15.5. The van der Waals surface area contributed by atoms with Crippen LogP contribution in [0.25, 0.3) is 11.3 Å². The predicted octanol–water partition coefficient (Wildman–Crippen LogP) is 5.46. The Bertz CT molecular complexity index is 1060. The molecule has 0 fully saturated rings. The molecule has 0 radical (unpaired) electrons. The summed E-state index contributed by atoms with van der Waals surface area (Å²) in [4.78, 5) is 16.3. The molecular weight excluding hydrogens is 433 g/mol. The van der Waals surface area contributed by atoms with E-state index in [1.807, 2.05) is 0 Å². The van der Waals surface area contributed by atoms with Crippen molar-refractivity contribution < 1.29 is 35.9 Å². The molecule has 0 spiro atoms. The standard InChI is InChI=1S/C18H14F5N3O3S/c1-9-12(15(27)25-16-24-14(26-30-16)8-17(2,19)20)7-13(28-9)10-4-3-5-11(6-10)29-18(21,22)23/h3-7H,8H2,1-2H3,(H,24,25,26,27). The molecule has 30 heavy (non-hydrogen) atoms. The highest BCUT2D eigenvalue weighted by molar-refractivity contribution is 7.09. The maximum absolute atomic E-state index is 13.0. The minimum absolute atomic E-state index is 0.0296. The van der Waals surface area contributed by atoms with Crippen LogP contribution in [0.3, 0.4) is 0 Å². The highest BCUT2D eigenvalue weighted by atomic mass is 32.1. The van der Waals surface area contributed by atoms with Crippen LogP contribution in [-0.4, -0.2) is 27.5 Å². The van der Waals surface area contributed by atoms with Gasteiger partial charge in [0.15, 0.2) is 5.82 Å². The highest BCUT2D eigenvalue weighted by Crippen LogP contribution is 2.31. The molecule has 0 aliphatic rings. The molecular formula is C18H14F5N3O3S. The number of furan rings is 1. The van der Waals surface area contributed by atoms with Gasteiger partial charge in [0.05, 0.1) is 12.0 Å². The van der Waals surface area contributed by atoms with Gasteiger partial charge in [0.2, 0.25) is 5.13 Å². The van der Waals surface area contributed by atoms with Crippen LogP contribution in [0.15, 0.2) is 34.7 Å². The number of halogens is 5. The number of carbonyl (C=O) groups excluding carboxylic acids is 1. The summed E-state index contributed by atoms with van der Waals surface area (Å²) in [6, 6.07) is 6.44. The number of nitrogens with one attached hydrogen (secondary N) is 1. The highest BCUT2D eigenvalue weighted by Gasteiger charge is 2.31. The molecule has 0 aliphatic heterocycles. The van der Waals surface area contributed by atoms with Gasteiger partial charge in [-0.3, -0.25) is 10.1 Å². The van der Waals surface area contributed by atoms with Gasteiger partial charge in [-0.15, -0.1) is 13.2 Å². The Hall–Kier alpha value is -3.02. The monoisotopic (exact) mass is 447 g/mol. The molecule has 1 aromatic carbocycles. The Morgan fingerprint density at radius 2 is 1.97 bits per heavy atom. The topological polar surface area (TPSA) is 77.2 Å². The number of amides is 1. The van der Waals surface area contributed by atoms with E-state index in [2.05, 4.69) is 19.4 Å². The lowest BCUT2D eigenvalue weighted by molar-refractivity contribution is -0.274. The second-order valence-electron chi connectivity index (χ2n) is 6.37. The zero-order chi connectivity index (χ0) is 22.1. The molecule has 6 nitrogen and oxygen atoms in total. The minimum Gasteiger partial charge on any atom is -0.461 e. The van der Waals surface area contributed by atoms with Gasteiger partial charge >= 0.3 is 6.36 Å². The van der Waals surface area contributed by atoms with Gasteiger partial charge < -0.3 is 9.15 Å². The smallest absolute Gasteiger partial charge is 0.461 e. The fourth-order valence-corrected chi connectivity index (χ4v) is 3.10. The Balaban J connectivity index is 1.76. The first kappa shape index (κ1) is 21.7. The number of nitrogens with zero attached hydrogens (tertiary/aromatic N) is 2. The molecule has 0 unspecified atom stereocenters. The molecule has 160 valence electrons. The van der Waals surface area contributed by atoms with Crippen molar-refractivity contribution in [3.05, 3.63) is 47.5 Å². The van der Waals surface area contributed by atoms with Crippen molar-refractivity contribution in [2.45, 2.75) is 32.6 Å². The number of ether oxygens (including phenoxy) is 1. The Kier molecular flexibility index (Phi) is 5.79. The van der Waals surface area contributed by atoms with Gasteiger partial charge in [0.25, 0.3) is 11.8 Å². The summed E-state index contributed by atoms with van der Waals surface area (Å²) < 4.78 is 76.4. The largest absolute Gasteiger partial charge is 0.573 e. The maximum Gasteiger partial charge on any atom is 0.573 e. The lowest BCUT2D eigenvalue weighted by Gasteiger charge is -2.09. The van der Waals surface area contributed by atoms with Crippen LogP contribution < -0.4 is 10.1 Å². The van der Waals surface area contributed by atoms with Crippen molar-refractivity contribution in [1.82, 2.24) is 9.36 Å². The number of alkyl halides is 5. The first-order valence-electron chi connectivity index (χ1n) is 8.38. The minimum atomic E-state index is -4.84. The molecule has 3 rings (SSSR count). The van der Waals surface area contributed by atoms with Crippen LogP contribution in [0.4, 0.5) is 27.1 Å². The first-order chi connectivity index (χ1) is 13.9. The number of hydrogen-bond donors (Lipinski definition) is 1. The molecule has 0 atom stereocenters. The van der Waals surface area contributed by atoms with Crippen molar-refractivity contribution in [2.24, 2.45) is 0 Å². The normalized spacial score (nSPS) is 12.1. The summed E-state index contributed by atoms with van der Waals surface area (Å²) >= 11 is 0.749. The van der Waals surface area contributed by atoms with E-state index in [0.717, 1.165) is 30.6 Å². The molecule has 2 aromatic heterocycles. The molecule has 1 N–H and O–H groups in total. The Labute approximate surface area is 170 Å². The third-order valence-corrected chi connectivity index (χ3v) is 4.34. The fraction of sp³-hybridized carbons (Fsp3) is 0.278. The van der Waals surface area contributed by atoms with Crippen LogP contribution in [0, 0.1) is 6.92 Å². The average Bonchev–Trinajstić information content (AvgIpc) is 3.18. The quantitative estimate of drug-likeness (QED) is 0.508. The van der Waals surface area contributed by atoms with Crippen molar-refractivity contribution in [2.75, 3.05) is 5.32 Å². The molecule has 0 aliphatic carbocycles. The van der Waals surface area contributed by atoms with Crippen molar-refractivity contribution in [3.63, 3.8) is 0 Å². The lowest BCUT2D eigenvalue weighted by atomic mass is 10.1. The SMILES string of the molecule is Cc1oc(-c2cccc(OC(F)(F)F)c2)cc1C(=O)Nc1nc(CC(C)(F)F)ns1. The molecule has 0 saturated carbocycles. The summed E-state index contributed by atoms with van der Waals surface area (Å²) in [5.74, 6) is -3.80. The van der Waals surface area contributed by atoms with Crippen LogP contribution in [0.5, 0.6) is 5.75 Å². The third kappa shape index (κ3) is 5.75. The van der Waals surface area contributed by atoms with Gasteiger partial charge in [0.1, 0.15) is 17.3 Å². The summed E-state index contributed by atoms with van der Waals surface area (Å²) in [6.07, 6.45) is -5.50. The third-order valence-electron chi connectivity index (χ3n) is 3.67. The van der Waals surface area contributed by atoms with Crippen molar-refractivity contribution in [1.29, 1.82) is 0 Å². The van der Waals surface area contributed by atoms with Gasteiger partial charge in [-0.05, 0) is 32.0 Å². The number of aryl methyl sites for hydroxylation is 1. The van der Waals surface area contributed by atoms with Crippen LogP contribution in [-0.2, 0) is 6.42 Å². The Morgan fingerprint density at radius 1 is 1.23 bits per heavy atom. The van der Waals surface area contributed by atoms with E-state index in [0.29, 0.717) is 0 Å². The van der Waals surface area contributed by atoms with Gasteiger partial charge in [0, 0.05) is 17.1 Å². The summed E-state index contributed by atoms with van der Waals surface area (Å²) in [5, 5.41) is 2.47. The number of benzene rings is 1. The number of hydrogen-bond acceptors (Lipinski definition) is 6. The Morgan fingerprint density at radius 3 is 2.63 bits per heavy atom. The molecule has 0 saturated heterocycles. The van der Waals surface area contributed by atoms with Gasteiger partial charge in [-0.2, -0.15) is 4.37 Å².